The summed E-state index contributed by atoms with van der Waals surface area (Å²) in [6, 6.07) is 19.7. The molecule has 3 aromatic heterocycles. The van der Waals surface area contributed by atoms with Crippen molar-refractivity contribution in [3.63, 3.8) is 0 Å². The molecule has 1 atom stereocenters. The summed E-state index contributed by atoms with van der Waals surface area (Å²) in [5.74, 6) is 1.90. The molecule has 0 saturated carbocycles. The number of anilines is 5. The molecule has 7 heterocycles. The molecule has 4 aliphatic heterocycles. The number of imide groups is 1. The Hall–Kier alpha value is -6.42. The maximum Gasteiger partial charge on any atom is 0.328 e. The molecule has 0 radical (unpaired) electrons. The van der Waals surface area contributed by atoms with Crippen molar-refractivity contribution in [1.29, 1.82) is 0 Å². The van der Waals surface area contributed by atoms with Gasteiger partial charge < -0.3 is 29.9 Å². The molecule has 4 fully saturated rings. The van der Waals surface area contributed by atoms with Crippen LogP contribution in [0.5, 0.6) is 0 Å². The highest BCUT2D eigenvalue weighted by atomic mass is 16.5. The maximum absolute atomic E-state index is 12.9. The number of pyridine rings is 1. The standard InChI is InChI=1S/C48H58N12O4/c1-31-24-34(6-12-38(31)32(2)52-43(62)44-55-45(56-64-44)47(3,4)5)39-25-41(51-30-50-39)53-40-13-11-37(26-49-40)59-28-48(29-59)17-22-57(23-18-48)27-33-14-19-58(20-15-33)35-7-9-36(10-8-35)60-21-16-42(61)54-46(60)63/h6-13,24-26,30,32-33H,14-23,27-29H2,1-5H3,(H,52,62)(H,54,61,63)(H,49,50,51,53)/t32-/m1/s1. The fraction of sp³-hybridized carbons (Fsp3) is 0.458. The minimum atomic E-state index is -0.409. The number of rotatable bonds is 11. The summed E-state index contributed by atoms with van der Waals surface area (Å²) in [5.41, 5.74) is 6.92. The van der Waals surface area contributed by atoms with E-state index < -0.39 is 5.91 Å². The van der Waals surface area contributed by atoms with Crippen molar-refractivity contribution in [2.75, 3.05) is 72.4 Å². The van der Waals surface area contributed by atoms with Gasteiger partial charge in [-0.15, -0.1) is 0 Å². The number of hydrogen-bond acceptors (Lipinski definition) is 13. The molecular weight excluding hydrogens is 809 g/mol. The molecule has 5 aromatic rings. The van der Waals surface area contributed by atoms with Crippen LogP contribution in [0.3, 0.4) is 0 Å². The molecule has 16 heteroatoms. The van der Waals surface area contributed by atoms with E-state index in [2.05, 4.69) is 75.0 Å². The van der Waals surface area contributed by atoms with E-state index in [1.807, 2.05) is 77.2 Å². The van der Waals surface area contributed by atoms with E-state index in [0.717, 1.165) is 78.8 Å². The van der Waals surface area contributed by atoms with Gasteiger partial charge in [0, 0.05) is 79.5 Å². The molecule has 4 amide bonds. The van der Waals surface area contributed by atoms with Crippen LogP contribution in [0.25, 0.3) is 11.3 Å². The number of carbonyl (C=O) groups excluding carboxylic acids is 3. The van der Waals surface area contributed by atoms with Crippen molar-refractivity contribution in [3.8, 4) is 11.3 Å². The fourth-order valence-electron chi connectivity index (χ4n) is 9.50. The first-order chi connectivity index (χ1) is 30.8. The number of likely N-dealkylation sites (tertiary alicyclic amines) is 1. The summed E-state index contributed by atoms with van der Waals surface area (Å²) in [7, 11) is 0. The Labute approximate surface area is 374 Å². The predicted octanol–water partition coefficient (Wildman–Crippen LogP) is 7.03. The van der Waals surface area contributed by atoms with Crippen molar-refractivity contribution >= 4 is 46.5 Å². The average Bonchev–Trinajstić information content (AvgIpc) is 3.79. The lowest BCUT2D eigenvalue weighted by atomic mass is 9.71. The highest BCUT2D eigenvalue weighted by Crippen LogP contribution is 2.43. The second kappa shape index (κ2) is 17.6. The smallest absolute Gasteiger partial charge is 0.328 e. The van der Waals surface area contributed by atoms with Crippen molar-refractivity contribution in [2.45, 2.75) is 78.2 Å². The molecule has 0 bridgehead atoms. The Morgan fingerprint density at radius 2 is 1.61 bits per heavy atom. The van der Waals surface area contributed by atoms with Crippen LogP contribution in [0, 0.1) is 18.3 Å². The van der Waals surface area contributed by atoms with Gasteiger partial charge in [0.1, 0.15) is 18.0 Å². The number of hydrogen-bond donors (Lipinski definition) is 3. The molecule has 3 N–H and O–H groups in total. The number of benzene rings is 2. The van der Waals surface area contributed by atoms with Crippen LogP contribution in [0.4, 0.5) is 33.5 Å². The average molecular weight is 867 g/mol. The van der Waals surface area contributed by atoms with E-state index in [-0.39, 0.29) is 29.3 Å². The van der Waals surface area contributed by atoms with Crippen LogP contribution in [-0.4, -0.2) is 100 Å². The largest absolute Gasteiger partial charge is 0.372 e. The monoisotopic (exact) mass is 866 g/mol. The van der Waals surface area contributed by atoms with Gasteiger partial charge in [-0.3, -0.25) is 19.8 Å². The Morgan fingerprint density at radius 1 is 0.875 bits per heavy atom. The topological polar surface area (TPSA) is 178 Å². The van der Waals surface area contributed by atoms with Crippen molar-refractivity contribution in [2.24, 2.45) is 11.3 Å². The number of aromatic nitrogens is 5. The SMILES string of the molecule is Cc1cc(-c2cc(Nc3ccc(N4CC5(CCN(CC6CCN(c7ccc(N8CCC(=O)NC8=O)cc7)CC6)CC5)C4)cn3)ncn2)ccc1[C@@H](C)NC(=O)c1nc(C(C)(C)C)no1. The molecule has 64 heavy (non-hydrogen) atoms. The molecule has 334 valence electrons. The zero-order valence-electron chi connectivity index (χ0n) is 37.4. The van der Waals surface area contributed by atoms with E-state index in [4.69, 9.17) is 9.51 Å². The number of aryl methyl sites for hydroxylation is 1. The van der Waals surface area contributed by atoms with E-state index >= 15 is 0 Å². The molecule has 0 unspecified atom stereocenters. The lowest BCUT2D eigenvalue weighted by Crippen LogP contribution is -2.60. The highest BCUT2D eigenvalue weighted by Gasteiger charge is 2.45. The molecular formula is C48H58N12O4. The van der Waals surface area contributed by atoms with Gasteiger partial charge in [-0.25, -0.2) is 19.7 Å². The van der Waals surface area contributed by atoms with Gasteiger partial charge in [0.15, 0.2) is 5.82 Å². The normalized spacial score (nSPS) is 18.7. The molecule has 4 aliphatic rings. The first kappa shape index (κ1) is 42.9. The summed E-state index contributed by atoms with van der Waals surface area (Å²) >= 11 is 0. The van der Waals surface area contributed by atoms with Gasteiger partial charge in [-0.05, 0) is 112 Å². The second-order valence-corrected chi connectivity index (χ2v) is 19.1. The minimum Gasteiger partial charge on any atom is -0.372 e. The van der Waals surface area contributed by atoms with Crippen LogP contribution in [0.15, 0.2) is 77.7 Å². The lowest BCUT2D eigenvalue weighted by molar-refractivity contribution is -0.120. The van der Waals surface area contributed by atoms with Crippen LogP contribution < -0.4 is 30.7 Å². The summed E-state index contributed by atoms with van der Waals surface area (Å²) in [6.07, 6.45) is 8.67. The molecule has 4 saturated heterocycles. The molecule has 2 aromatic carbocycles. The van der Waals surface area contributed by atoms with Crippen molar-refractivity contribution < 1.29 is 18.9 Å². The van der Waals surface area contributed by atoms with Gasteiger partial charge in [0.2, 0.25) is 5.91 Å². The second-order valence-electron chi connectivity index (χ2n) is 19.1. The molecule has 0 aliphatic carbocycles. The van der Waals surface area contributed by atoms with E-state index in [1.165, 1.54) is 37.9 Å². The minimum absolute atomic E-state index is 0.0480. The third-order valence-electron chi connectivity index (χ3n) is 13.4. The lowest BCUT2D eigenvalue weighted by Gasteiger charge is -2.55. The number of carbonyl (C=O) groups is 3. The van der Waals surface area contributed by atoms with Gasteiger partial charge in [-0.2, -0.15) is 4.98 Å². The molecule has 16 nitrogen and oxygen atoms in total. The highest BCUT2D eigenvalue weighted by molar-refractivity contribution is 6.05. The van der Waals surface area contributed by atoms with E-state index in [0.29, 0.717) is 35.9 Å². The number of nitrogens with one attached hydrogen (secondary N) is 3. The first-order valence-corrected chi connectivity index (χ1v) is 22.5. The van der Waals surface area contributed by atoms with Crippen molar-refractivity contribution in [3.05, 3.63) is 96.0 Å². The Balaban J connectivity index is 0.708. The zero-order valence-corrected chi connectivity index (χ0v) is 37.4. The first-order valence-electron chi connectivity index (χ1n) is 22.5. The van der Waals surface area contributed by atoms with Gasteiger partial charge in [0.05, 0.1) is 23.6 Å². The van der Waals surface area contributed by atoms with Crippen LogP contribution in [-0.2, 0) is 10.2 Å². The number of nitrogens with zero attached hydrogens (tertiary/aromatic N) is 9. The predicted molar refractivity (Wildman–Crippen MR) is 246 cm³/mol. The third-order valence-corrected chi connectivity index (χ3v) is 13.4. The fourth-order valence-corrected chi connectivity index (χ4v) is 9.50. The van der Waals surface area contributed by atoms with Gasteiger partial charge in [-0.1, -0.05) is 38.1 Å². The molecule has 1 spiro atoms. The van der Waals surface area contributed by atoms with Crippen LogP contribution >= 0.6 is 0 Å². The quantitative estimate of drug-likeness (QED) is 0.123. The summed E-state index contributed by atoms with van der Waals surface area (Å²) in [4.78, 5) is 63.9. The van der Waals surface area contributed by atoms with Gasteiger partial charge >= 0.3 is 17.8 Å². The number of urea groups is 1. The Kier molecular flexibility index (Phi) is 11.8. The van der Waals surface area contributed by atoms with E-state index in [1.54, 1.807) is 11.2 Å². The van der Waals surface area contributed by atoms with Crippen LogP contribution in [0.2, 0.25) is 0 Å². The van der Waals surface area contributed by atoms with Crippen LogP contribution in [0.1, 0.15) is 93.5 Å². The zero-order chi connectivity index (χ0) is 44.6. The van der Waals surface area contributed by atoms with E-state index in [9.17, 15) is 14.4 Å². The number of amides is 4. The van der Waals surface area contributed by atoms with Crippen molar-refractivity contribution in [1.82, 2.24) is 40.6 Å². The Morgan fingerprint density at radius 3 is 2.28 bits per heavy atom. The molecule has 9 rings (SSSR count). The number of piperidine rings is 2. The third kappa shape index (κ3) is 9.42. The summed E-state index contributed by atoms with van der Waals surface area (Å²) in [6.45, 7) is 18.0. The summed E-state index contributed by atoms with van der Waals surface area (Å²) < 4.78 is 5.23. The van der Waals surface area contributed by atoms with Gasteiger partial charge in [0.25, 0.3) is 0 Å². The maximum atomic E-state index is 12.9. The summed E-state index contributed by atoms with van der Waals surface area (Å²) in [5, 5.41) is 12.7. The Bertz CT molecular complexity index is 2480.